The van der Waals surface area contributed by atoms with Crippen LogP contribution >= 0.6 is 0 Å². The minimum Gasteiger partial charge on any atom is -0.484 e. The first kappa shape index (κ1) is 17.6. The molecule has 1 aliphatic heterocycles. The van der Waals surface area contributed by atoms with Crippen LogP contribution in [0.2, 0.25) is 0 Å². The molecular formula is C22H20N2O2. The van der Waals surface area contributed by atoms with Crippen molar-refractivity contribution in [2.24, 2.45) is 0 Å². The lowest BCUT2D eigenvalue weighted by Crippen LogP contribution is -2.45. The molecule has 1 amide bonds. The van der Waals surface area contributed by atoms with E-state index in [1.54, 1.807) is 12.1 Å². The van der Waals surface area contributed by atoms with Crippen LogP contribution in [0, 0.1) is 23.2 Å². The van der Waals surface area contributed by atoms with Crippen molar-refractivity contribution < 1.29 is 9.53 Å². The molecule has 2 aromatic rings. The number of benzene rings is 2. The highest BCUT2D eigenvalue weighted by atomic mass is 16.5. The number of hydrogen-bond acceptors (Lipinski definition) is 3. The number of carbonyl (C=O) groups is 1. The summed E-state index contributed by atoms with van der Waals surface area (Å²) in [5.74, 6) is 7.01. The zero-order chi connectivity index (χ0) is 18.2. The number of likely N-dealkylation sites (tertiary alicyclic amines) is 1. The van der Waals surface area contributed by atoms with Crippen molar-refractivity contribution in [2.75, 3.05) is 13.2 Å². The van der Waals surface area contributed by atoms with Crippen LogP contribution in [-0.2, 0) is 4.79 Å². The topological polar surface area (TPSA) is 53.3 Å². The van der Waals surface area contributed by atoms with Gasteiger partial charge in [0.25, 0.3) is 5.91 Å². The van der Waals surface area contributed by atoms with E-state index in [-0.39, 0.29) is 18.6 Å². The summed E-state index contributed by atoms with van der Waals surface area (Å²) < 4.78 is 5.59. The van der Waals surface area contributed by atoms with Gasteiger partial charge in [0.05, 0.1) is 17.7 Å². The minimum absolute atomic E-state index is 0.0268. The number of nitriles is 1. The van der Waals surface area contributed by atoms with Crippen LogP contribution in [0.5, 0.6) is 5.75 Å². The summed E-state index contributed by atoms with van der Waals surface area (Å²) in [5, 5.41) is 8.85. The first-order valence-electron chi connectivity index (χ1n) is 8.75. The van der Waals surface area contributed by atoms with E-state index in [4.69, 9.17) is 10.00 Å². The minimum atomic E-state index is -0.0914. The quantitative estimate of drug-likeness (QED) is 0.802. The fraction of sp³-hybridized carbons (Fsp3) is 0.273. The summed E-state index contributed by atoms with van der Waals surface area (Å²) in [6.45, 7) is 0.739. The van der Waals surface area contributed by atoms with Crippen LogP contribution < -0.4 is 4.74 Å². The molecule has 0 N–H and O–H groups in total. The van der Waals surface area contributed by atoms with Crippen molar-refractivity contribution in [1.82, 2.24) is 4.90 Å². The molecule has 26 heavy (non-hydrogen) atoms. The zero-order valence-corrected chi connectivity index (χ0v) is 14.5. The molecule has 1 atom stereocenters. The molecule has 2 aromatic carbocycles. The van der Waals surface area contributed by atoms with Gasteiger partial charge in [-0.1, -0.05) is 30.0 Å². The molecule has 1 fully saturated rings. The first-order chi connectivity index (χ1) is 12.8. The Hall–Kier alpha value is -3.24. The van der Waals surface area contributed by atoms with E-state index in [0.717, 1.165) is 24.8 Å². The van der Waals surface area contributed by atoms with Crippen molar-refractivity contribution >= 4 is 5.91 Å². The third-order valence-electron chi connectivity index (χ3n) is 4.33. The molecule has 4 nitrogen and oxygen atoms in total. The number of carbonyl (C=O) groups excluding carboxylic acids is 1. The Kier molecular flexibility index (Phi) is 5.91. The van der Waals surface area contributed by atoms with Gasteiger partial charge in [-0.25, -0.2) is 0 Å². The van der Waals surface area contributed by atoms with Crippen LogP contribution in [0.3, 0.4) is 0 Å². The van der Waals surface area contributed by atoms with Crippen molar-refractivity contribution in [1.29, 1.82) is 5.26 Å². The molecule has 0 unspecified atom stereocenters. The van der Waals surface area contributed by atoms with Gasteiger partial charge < -0.3 is 9.64 Å². The summed E-state index contributed by atoms with van der Waals surface area (Å²) in [7, 11) is 0. The van der Waals surface area contributed by atoms with E-state index in [2.05, 4.69) is 17.9 Å². The van der Waals surface area contributed by atoms with Crippen LogP contribution in [0.15, 0.2) is 54.6 Å². The van der Waals surface area contributed by atoms with Crippen molar-refractivity contribution in [3.8, 4) is 23.7 Å². The highest BCUT2D eigenvalue weighted by Gasteiger charge is 2.25. The van der Waals surface area contributed by atoms with E-state index in [9.17, 15) is 4.79 Å². The molecule has 130 valence electrons. The van der Waals surface area contributed by atoms with Crippen LogP contribution in [0.1, 0.15) is 30.4 Å². The molecule has 4 heteroatoms. The van der Waals surface area contributed by atoms with Gasteiger partial charge in [0.15, 0.2) is 6.61 Å². The normalized spacial score (nSPS) is 16.1. The fourth-order valence-corrected chi connectivity index (χ4v) is 2.92. The molecule has 0 radical (unpaired) electrons. The zero-order valence-electron chi connectivity index (χ0n) is 14.5. The van der Waals surface area contributed by atoms with E-state index in [0.29, 0.717) is 17.9 Å². The third kappa shape index (κ3) is 4.65. The van der Waals surface area contributed by atoms with Crippen molar-refractivity contribution in [3.05, 3.63) is 65.7 Å². The first-order valence-corrected chi connectivity index (χ1v) is 8.75. The molecular weight excluding hydrogens is 324 g/mol. The maximum Gasteiger partial charge on any atom is 0.261 e. The molecule has 0 aliphatic carbocycles. The second-order valence-electron chi connectivity index (χ2n) is 6.16. The molecule has 1 saturated heterocycles. The van der Waals surface area contributed by atoms with Gasteiger partial charge in [-0.15, -0.1) is 0 Å². The standard InChI is InChI=1S/C22H20N2O2/c23-16-19-11-9-18(10-12-19)13-14-20-6-4-5-15-24(20)22(25)17-26-21-7-2-1-3-8-21/h1-3,7-12,20H,4-6,15,17H2/t20-/m1/s1. The Morgan fingerprint density at radius 1 is 1.08 bits per heavy atom. The Labute approximate surface area is 154 Å². The molecule has 0 saturated carbocycles. The predicted octanol–water partition coefficient (Wildman–Crippen LogP) is 3.37. The number of ether oxygens (including phenoxy) is 1. The maximum atomic E-state index is 12.6. The summed E-state index contributed by atoms with van der Waals surface area (Å²) >= 11 is 0. The largest absolute Gasteiger partial charge is 0.484 e. The Bertz CT molecular complexity index is 842. The number of para-hydroxylation sites is 1. The predicted molar refractivity (Wildman–Crippen MR) is 99.3 cm³/mol. The van der Waals surface area contributed by atoms with Crippen LogP contribution in [0.4, 0.5) is 0 Å². The van der Waals surface area contributed by atoms with Gasteiger partial charge in [-0.2, -0.15) is 5.26 Å². The average molecular weight is 344 g/mol. The van der Waals surface area contributed by atoms with Crippen LogP contribution in [0.25, 0.3) is 0 Å². The molecule has 0 spiro atoms. The van der Waals surface area contributed by atoms with Gasteiger partial charge >= 0.3 is 0 Å². The molecule has 1 aliphatic rings. The van der Waals surface area contributed by atoms with E-state index >= 15 is 0 Å². The number of nitrogens with zero attached hydrogens (tertiary/aromatic N) is 2. The van der Waals surface area contributed by atoms with Gasteiger partial charge in [-0.05, 0) is 55.7 Å². The van der Waals surface area contributed by atoms with Gasteiger partial charge in [0.2, 0.25) is 0 Å². The third-order valence-corrected chi connectivity index (χ3v) is 4.33. The monoisotopic (exact) mass is 344 g/mol. The molecule has 0 bridgehead atoms. The average Bonchev–Trinajstić information content (AvgIpc) is 2.72. The second-order valence-corrected chi connectivity index (χ2v) is 6.16. The Balaban J connectivity index is 1.64. The number of hydrogen-bond donors (Lipinski definition) is 0. The van der Waals surface area contributed by atoms with Gasteiger partial charge in [0, 0.05) is 12.1 Å². The lowest BCUT2D eigenvalue weighted by atomic mass is 10.0. The van der Waals surface area contributed by atoms with Crippen molar-refractivity contribution in [2.45, 2.75) is 25.3 Å². The Morgan fingerprint density at radius 2 is 1.81 bits per heavy atom. The molecule has 3 rings (SSSR count). The lowest BCUT2D eigenvalue weighted by Gasteiger charge is -2.32. The highest BCUT2D eigenvalue weighted by molar-refractivity contribution is 5.78. The number of amides is 1. The number of rotatable bonds is 3. The number of piperidine rings is 1. The molecule has 0 aromatic heterocycles. The highest BCUT2D eigenvalue weighted by Crippen LogP contribution is 2.17. The summed E-state index contributed by atoms with van der Waals surface area (Å²) in [4.78, 5) is 14.4. The van der Waals surface area contributed by atoms with Crippen LogP contribution in [-0.4, -0.2) is 30.0 Å². The van der Waals surface area contributed by atoms with Gasteiger partial charge in [-0.3, -0.25) is 4.79 Å². The summed E-state index contributed by atoms with van der Waals surface area (Å²) in [6, 6.07) is 18.5. The lowest BCUT2D eigenvalue weighted by molar-refractivity contribution is -0.135. The fourth-order valence-electron chi connectivity index (χ4n) is 2.92. The van der Waals surface area contributed by atoms with Crippen molar-refractivity contribution in [3.63, 3.8) is 0 Å². The summed E-state index contributed by atoms with van der Waals surface area (Å²) in [6.07, 6.45) is 2.93. The van der Waals surface area contributed by atoms with Gasteiger partial charge in [0.1, 0.15) is 5.75 Å². The molecule has 1 heterocycles. The van der Waals surface area contributed by atoms with E-state index < -0.39 is 0 Å². The second kappa shape index (κ2) is 8.74. The maximum absolute atomic E-state index is 12.6. The summed E-state index contributed by atoms with van der Waals surface area (Å²) in [5.41, 5.74) is 1.46. The SMILES string of the molecule is N#Cc1ccc(C#C[C@H]2CCCCN2C(=O)COc2ccccc2)cc1. The Morgan fingerprint density at radius 3 is 2.54 bits per heavy atom. The van der Waals surface area contributed by atoms with E-state index in [1.165, 1.54) is 0 Å². The smallest absolute Gasteiger partial charge is 0.261 e. The van der Waals surface area contributed by atoms with E-state index in [1.807, 2.05) is 47.4 Å².